The standard InChI is InChI=1S/C65H126O6/c1-6-8-9-10-11-12-13-14-15-16-17-21-24-27-30-35-40-45-50-55-63(66)69-58-62(59-70-64(67)56-51-46-41-37-32-33-38-43-48-53-60(3)4)71-65(68)57-52-47-42-36-31-28-25-22-19-18-20-23-26-29-34-39-44-49-54-61(5)7-2/h60-62H,6-59H2,1-5H3/t61?,62-/m1/s1. The van der Waals surface area contributed by atoms with Crippen LogP contribution in [0.2, 0.25) is 0 Å². The van der Waals surface area contributed by atoms with Gasteiger partial charge in [-0.15, -0.1) is 0 Å². The molecule has 0 aromatic rings. The van der Waals surface area contributed by atoms with Crippen molar-refractivity contribution in [3.63, 3.8) is 0 Å². The van der Waals surface area contributed by atoms with E-state index in [1.54, 1.807) is 0 Å². The molecule has 0 fully saturated rings. The predicted octanol–water partition coefficient (Wildman–Crippen LogP) is 21.6. The van der Waals surface area contributed by atoms with Crippen LogP contribution in [0.1, 0.15) is 369 Å². The lowest BCUT2D eigenvalue weighted by atomic mass is 9.99. The second-order valence-corrected chi connectivity index (χ2v) is 23.1. The fourth-order valence-electron chi connectivity index (χ4n) is 10.1. The predicted molar refractivity (Wildman–Crippen MR) is 307 cm³/mol. The van der Waals surface area contributed by atoms with E-state index >= 15 is 0 Å². The van der Waals surface area contributed by atoms with E-state index in [1.165, 1.54) is 257 Å². The first kappa shape index (κ1) is 69.4. The number of unbranched alkanes of at least 4 members (excludes halogenated alkanes) is 43. The first-order chi connectivity index (χ1) is 34.8. The van der Waals surface area contributed by atoms with Gasteiger partial charge in [-0.2, -0.15) is 0 Å². The van der Waals surface area contributed by atoms with Crippen molar-refractivity contribution < 1.29 is 28.6 Å². The third-order valence-electron chi connectivity index (χ3n) is 15.3. The van der Waals surface area contributed by atoms with E-state index in [1.807, 2.05) is 0 Å². The normalized spacial score (nSPS) is 12.4. The van der Waals surface area contributed by atoms with E-state index in [9.17, 15) is 14.4 Å². The fraction of sp³-hybridized carbons (Fsp3) is 0.954. The molecule has 0 aliphatic carbocycles. The summed E-state index contributed by atoms with van der Waals surface area (Å²) >= 11 is 0. The van der Waals surface area contributed by atoms with E-state index in [-0.39, 0.29) is 31.1 Å². The van der Waals surface area contributed by atoms with Crippen molar-refractivity contribution in [2.75, 3.05) is 13.2 Å². The second-order valence-electron chi connectivity index (χ2n) is 23.1. The maximum absolute atomic E-state index is 12.9. The molecule has 0 saturated carbocycles. The minimum Gasteiger partial charge on any atom is -0.462 e. The quantitative estimate of drug-likeness (QED) is 0.0343. The Labute approximate surface area is 444 Å². The lowest BCUT2D eigenvalue weighted by molar-refractivity contribution is -0.167. The molecule has 0 aliphatic rings. The minimum absolute atomic E-state index is 0.0622. The Hall–Kier alpha value is -1.59. The van der Waals surface area contributed by atoms with Crippen LogP contribution < -0.4 is 0 Å². The average molecular weight is 1000 g/mol. The van der Waals surface area contributed by atoms with Gasteiger partial charge in [-0.05, 0) is 31.1 Å². The molecular formula is C65H126O6. The largest absolute Gasteiger partial charge is 0.462 e. The number of esters is 3. The fourth-order valence-corrected chi connectivity index (χ4v) is 10.1. The Kier molecular flexibility index (Phi) is 56.4. The summed E-state index contributed by atoms with van der Waals surface area (Å²) in [7, 11) is 0. The molecule has 0 radical (unpaired) electrons. The van der Waals surface area contributed by atoms with Crippen molar-refractivity contribution in [3.05, 3.63) is 0 Å². The smallest absolute Gasteiger partial charge is 0.306 e. The van der Waals surface area contributed by atoms with Crippen molar-refractivity contribution >= 4 is 17.9 Å². The van der Waals surface area contributed by atoms with Gasteiger partial charge in [0, 0.05) is 19.3 Å². The van der Waals surface area contributed by atoms with Crippen molar-refractivity contribution in [1.82, 2.24) is 0 Å². The van der Waals surface area contributed by atoms with Crippen LogP contribution in [-0.2, 0) is 28.6 Å². The molecule has 0 spiro atoms. The van der Waals surface area contributed by atoms with Crippen LogP contribution >= 0.6 is 0 Å². The van der Waals surface area contributed by atoms with Crippen LogP contribution in [-0.4, -0.2) is 37.2 Å². The molecular weight excluding hydrogens is 877 g/mol. The Morgan fingerprint density at radius 1 is 0.296 bits per heavy atom. The van der Waals surface area contributed by atoms with Gasteiger partial charge >= 0.3 is 17.9 Å². The SMILES string of the molecule is CCCCCCCCCCCCCCCCCCCCCC(=O)OC[C@H](COC(=O)CCCCCCCCCCCC(C)C)OC(=O)CCCCCCCCCCCCCCCCCCCCC(C)CC. The van der Waals surface area contributed by atoms with Gasteiger partial charge in [0.15, 0.2) is 6.10 Å². The minimum atomic E-state index is -0.764. The number of ether oxygens (including phenoxy) is 3. The summed E-state index contributed by atoms with van der Waals surface area (Å²) in [6.07, 6.45) is 63.9. The molecule has 0 rings (SSSR count). The Morgan fingerprint density at radius 2 is 0.535 bits per heavy atom. The van der Waals surface area contributed by atoms with Gasteiger partial charge in [0.2, 0.25) is 0 Å². The molecule has 6 heteroatoms. The van der Waals surface area contributed by atoms with Gasteiger partial charge in [-0.3, -0.25) is 14.4 Å². The molecule has 71 heavy (non-hydrogen) atoms. The number of rotatable bonds is 59. The molecule has 0 bridgehead atoms. The van der Waals surface area contributed by atoms with Gasteiger partial charge in [0.25, 0.3) is 0 Å². The highest BCUT2D eigenvalue weighted by Gasteiger charge is 2.19. The number of carbonyl (C=O) groups excluding carboxylic acids is 3. The highest BCUT2D eigenvalue weighted by atomic mass is 16.6. The van der Waals surface area contributed by atoms with Gasteiger partial charge in [0.05, 0.1) is 0 Å². The molecule has 1 unspecified atom stereocenters. The Bertz CT molecular complexity index is 1090. The zero-order valence-electron chi connectivity index (χ0n) is 48.9. The highest BCUT2D eigenvalue weighted by molar-refractivity contribution is 5.71. The first-order valence-electron chi connectivity index (χ1n) is 32.3. The van der Waals surface area contributed by atoms with Crippen molar-refractivity contribution in [3.8, 4) is 0 Å². The Balaban J connectivity index is 4.23. The van der Waals surface area contributed by atoms with Gasteiger partial charge < -0.3 is 14.2 Å². The van der Waals surface area contributed by atoms with Crippen molar-refractivity contribution in [2.24, 2.45) is 11.8 Å². The maximum atomic E-state index is 12.9. The number of hydrogen-bond donors (Lipinski definition) is 0. The summed E-state index contributed by atoms with van der Waals surface area (Å²) in [6.45, 7) is 11.5. The molecule has 422 valence electrons. The lowest BCUT2D eigenvalue weighted by Gasteiger charge is -2.18. The van der Waals surface area contributed by atoms with Crippen LogP contribution in [0.4, 0.5) is 0 Å². The summed E-state index contributed by atoms with van der Waals surface area (Å²) in [5.41, 5.74) is 0. The van der Waals surface area contributed by atoms with Crippen LogP contribution in [0.15, 0.2) is 0 Å². The average Bonchev–Trinajstić information content (AvgIpc) is 3.36. The summed E-state index contributed by atoms with van der Waals surface area (Å²) < 4.78 is 16.9. The third-order valence-corrected chi connectivity index (χ3v) is 15.3. The third kappa shape index (κ3) is 57.5. The summed E-state index contributed by atoms with van der Waals surface area (Å²) in [5, 5.41) is 0. The van der Waals surface area contributed by atoms with E-state index in [2.05, 4.69) is 34.6 Å². The molecule has 2 atom stereocenters. The zero-order chi connectivity index (χ0) is 51.8. The van der Waals surface area contributed by atoms with Crippen molar-refractivity contribution in [1.29, 1.82) is 0 Å². The highest BCUT2D eigenvalue weighted by Crippen LogP contribution is 2.19. The Morgan fingerprint density at radius 3 is 0.803 bits per heavy atom. The van der Waals surface area contributed by atoms with Gasteiger partial charge in [0.1, 0.15) is 13.2 Å². The first-order valence-corrected chi connectivity index (χ1v) is 32.3. The van der Waals surface area contributed by atoms with E-state index < -0.39 is 6.10 Å². The maximum Gasteiger partial charge on any atom is 0.306 e. The molecule has 6 nitrogen and oxygen atoms in total. The zero-order valence-corrected chi connectivity index (χ0v) is 48.9. The van der Waals surface area contributed by atoms with E-state index in [4.69, 9.17) is 14.2 Å². The lowest BCUT2D eigenvalue weighted by Crippen LogP contribution is -2.30. The van der Waals surface area contributed by atoms with Crippen molar-refractivity contribution in [2.45, 2.75) is 375 Å². The number of carbonyl (C=O) groups is 3. The molecule has 0 N–H and O–H groups in total. The van der Waals surface area contributed by atoms with Gasteiger partial charge in [-0.25, -0.2) is 0 Å². The molecule has 0 amide bonds. The monoisotopic (exact) mass is 1000 g/mol. The van der Waals surface area contributed by atoms with Crippen LogP contribution in [0.25, 0.3) is 0 Å². The van der Waals surface area contributed by atoms with Gasteiger partial charge in [-0.1, -0.05) is 330 Å². The van der Waals surface area contributed by atoms with Crippen LogP contribution in [0.5, 0.6) is 0 Å². The number of hydrogen-bond acceptors (Lipinski definition) is 6. The topological polar surface area (TPSA) is 78.9 Å². The van der Waals surface area contributed by atoms with E-state index in [0.717, 1.165) is 69.6 Å². The summed E-state index contributed by atoms with van der Waals surface area (Å²) in [5.74, 6) is 0.884. The molecule has 0 aromatic heterocycles. The van der Waals surface area contributed by atoms with E-state index in [0.29, 0.717) is 19.3 Å². The summed E-state index contributed by atoms with van der Waals surface area (Å²) in [4.78, 5) is 38.3. The molecule has 0 saturated heterocycles. The second kappa shape index (κ2) is 57.7. The molecule has 0 aromatic carbocycles. The molecule has 0 heterocycles. The van der Waals surface area contributed by atoms with Crippen LogP contribution in [0.3, 0.4) is 0 Å². The molecule has 0 aliphatic heterocycles. The summed E-state index contributed by atoms with van der Waals surface area (Å²) in [6, 6.07) is 0. The van der Waals surface area contributed by atoms with Crippen LogP contribution in [0, 0.1) is 11.8 Å².